The summed E-state index contributed by atoms with van der Waals surface area (Å²) in [5.41, 5.74) is 1.16. The fourth-order valence-corrected chi connectivity index (χ4v) is 3.45. The van der Waals surface area contributed by atoms with E-state index >= 15 is 0 Å². The summed E-state index contributed by atoms with van der Waals surface area (Å²) < 4.78 is 5.54. The maximum Gasteiger partial charge on any atom is 0.318 e. The van der Waals surface area contributed by atoms with Gasteiger partial charge in [-0.25, -0.2) is 4.79 Å². The van der Waals surface area contributed by atoms with Gasteiger partial charge in [0.15, 0.2) is 0 Å². The summed E-state index contributed by atoms with van der Waals surface area (Å²) in [5, 5.41) is 3.26. The molecule has 0 bridgehead atoms. The lowest BCUT2D eigenvalue weighted by Crippen LogP contribution is -2.52. The van der Waals surface area contributed by atoms with Crippen molar-refractivity contribution in [3.05, 3.63) is 35.9 Å². The highest BCUT2D eigenvalue weighted by molar-refractivity contribution is 5.75. The Balaban J connectivity index is 1.65. The van der Waals surface area contributed by atoms with Gasteiger partial charge >= 0.3 is 6.03 Å². The molecule has 25 heavy (non-hydrogen) atoms. The maximum absolute atomic E-state index is 12.8. The smallest absolute Gasteiger partial charge is 0.318 e. The molecule has 0 aliphatic carbocycles. The third kappa shape index (κ3) is 5.17. The van der Waals surface area contributed by atoms with Crippen LogP contribution in [0.25, 0.3) is 0 Å². The van der Waals surface area contributed by atoms with Crippen LogP contribution < -0.4 is 5.32 Å². The Kier molecular flexibility index (Phi) is 6.29. The number of urea groups is 1. The highest BCUT2D eigenvalue weighted by Gasteiger charge is 2.26. The van der Waals surface area contributed by atoms with Crippen LogP contribution in [-0.2, 0) is 4.74 Å². The highest BCUT2D eigenvalue weighted by atomic mass is 16.5. The molecule has 2 atom stereocenters. The summed E-state index contributed by atoms with van der Waals surface area (Å²) in [4.78, 5) is 19.4. The minimum atomic E-state index is 0.00950. The topological polar surface area (TPSA) is 48.1 Å². The number of nitrogens with zero attached hydrogens (tertiary/aromatic N) is 3. The van der Waals surface area contributed by atoms with Crippen molar-refractivity contribution in [2.24, 2.45) is 0 Å². The molecular weight excluding hydrogens is 316 g/mol. The van der Waals surface area contributed by atoms with Crippen LogP contribution in [0.2, 0.25) is 0 Å². The number of benzene rings is 1. The van der Waals surface area contributed by atoms with Gasteiger partial charge in [0, 0.05) is 45.8 Å². The van der Waals surface area contributed by atoms with Crippen molar-refractivity contribution in [1.29, 1.82) is 0 Å². The molecule has 0 radical (unpaired) electrons. The van der Waals surface area contributed by atoms with E-state index in [1.54, 1.807) is 0 Å². The van der Waals surface area contributed by atoms with Crippen molar-refractivity contribution in [2.75, 3.05) is 59.5 Å². The van der Waals surface area contributed by atoms with Gasteiger partial charge in [0.2, 0.25) is 0 Å². The van der Waals surface area contributed by atoms with Crippen molar-refractivity contribution in [1.82, 2.24) is 20.0 Å². The molecule has 1 aromatic carbocycles. The van der Waals surface area contributed by atoms with Gasteiger partial charge < -0.3 is 19.9 Å². The summed E-state index contributed by atoms with van der Waals surface area (Å²) in [5.74, 6) is 0. The number of likely N-dealkylation sites (N-methyl/N-ethyl adjacent to an activating group) is 1. The van der Waals surface area contributed by atoms with Gasteiger partial charge in [0.25, 0.3) is 0 Å². The lowest BCUT2D eigenvalue weighted by atomic mass is 10.1. The van der Waals surface area contributed by atoms with Crippen LogP contribution in [0.5, 0.6) is 0 Å². The fourth-order valence-electron chi connectivity index (χ4n) is 3.45. The van der Waals surface area contributed by atoms with Crippen LogP contribution >= 0.6 is 0 Å². The van der Waals surface area contributed by atoms with E-state index in [4.69, 9.17) is 4.74 Å². The number of carbonyl (C=O) groups is 1. The zero-order chi connectivity index (χ0) is 17.6. The molecular formula is C19H30N4O2. The quantitative estimate of drug-likeness (QED) is 0.895. The lowest BCUT2D eigenvalue weighted by molar-refractivity contribution is -0.00411. The second-order valence-corrected chi connectivity index (χ2v) is 7.14. The maximum atomic E-state index is 12.8. The first kappa shape index (κ1) is 18.2. The summed E-state index contributed by atoms with van der Waals surface area (Å²) >= 11 is 0. The van der Waals surface area contributed by atoms with Crippen LogP contribution in [0.1, 0.15) is 18.5 Å². The summed E-state index contributed by atoms with van der Waals surface area (Å²) in [7, 11) is 2.16. The van der Waals surface area contributed by atoms with E-state index in [9.17, 15) is 4.79 Å². The molecule has 3 rings (SSSR count). The third-order valence-electron chi connectivity index (χ3n) is 5.06. The Morgan fingerprint density at radius 1 is 1.20 bits per heavy atom. The summed E-state index contributed by atoms with van der Waals surface area (Å²) in [6, 6.07) is 10.3. The predicted octanol–water partition coefficient (Wildman–Crippen LogP) is 1.41. The van der Waals surface area contributed by atoms with E-state index in [1.807, 2.05) is 30.0 Å². The molecule has 0 aromatic heterocycles. The SMILES string of the molecule is CC1CN(C(=O)NC(CN2CCN(C)CC2)c2ccccc2)CCO1. The number of hydrogen-bond acceptors (Lipinski definition) is 4. The lowest BCUT2D eigenvalue weighted by Gasteiger charge is -2.36. The van der Waals surface area contributed by atoms with Crippen LogP contribution in [0, 0.1) is 0 Å². The fraction of sp³-hybridized carbons (Fsp3) is 0.632. The van der Waals surface area contributed by atoms with Gasteiger partial charge in [0.05, 0.1) is 18.8 Å². The Morgan fingerprint density at radius 3 is 2.60 bits per heavy atom. The molecule has 138 valence electrons. The normalized spacial score (nSPS) is 24.1. The van der Waals surface area contributed by atoms with Crippen LogP contribution in [0.15, 0.2) is 30.3 Å². The van der Waals surface area contributed by atoms with E-state index in [2.05, 4.69) is 34.3 Å². The zero-order valence-corrected chi connectivity index (χ0v) is 15.4. The first-order valence-corrected chi connectivity index (χ1v) is 9.24. The Morgan fingerprint density at radius 2 is 1.92 bits per heavy atom. The zero-order valence-electron chi connectivity index (χ0n) is 15.4. The Labute approximate surface area is 150 Å². The molecule has 0 saturated carbocycles. The van der Waals surface area contributed by atoms with Gasteiger partial charge in [0.1, 0.15) is 0 Å². The van der Waals surface area contributed by atoms with Gasteiger partial charge in [-0.2, -0.15) is 0 Å². The van der Waals surface area contributed by atoms with E-state index in [0.29, 0.717) is 19.7 Å². The second kappa shape index (κ2) is 8.65. The highest BCUT2D eigenvalue weighted by Crippen LogP contribution is 2.16. The van der Waals surface area contributed by atoms with E-state index in [0.717, 1.165) is 38.3 Å². The minimum absolute atomic E-state index is 0.00950. The van der Waals surface area contributed by atoms with Crippen molar-refractivity contribution in [2.45, 2.75) is 19.1 Å². The first-order valence-electron chi connectivity index (χ1n) is 9.24. The van der Waals surface area contributed by atoms with Gasteiger partial charge in [-0.15, -0.1) is 0 Å². The summed E-state index contributed by atoms with van der Waals surface area (Å²) in [6.07, 6.45) is 0.104. The van der Waals surface area contributed by atoms with E-state index in [1.165, 1.54) is 0 Å². The van der Waals surface area contributed by atoms with Gasteiger partial charge in [-0.3, -0.25) is 4.90 Å². The molecule has 2 amide bonds. The molecule has 2 aliphatic heterocycles. The minimum Gasteiger partial charge on any atom is -0.375 e. The number of rotatable bonds is 4. The number of nitrogens with one attached hydrogen (secondary N) is 1. The number of amides is 2. The van der Waals surface area contributed by atoms with E-state index in [-0.39, 0.29) is 18.2 Å². The van der Waals surface area contributed by atoms with Crippen molar-refractivity contribution in [3.8, 4) is 0 Å². The molecule has 1 aromatic rings. The van der Waals surface area contributed by atoms with Crippen molar-refractivity contribution >= 4 is 6.03 Å². The monoisotopic (exact) mass is 346 g/mol. The third-order valence-corrected chi connectivity index (χ3v) is 5.06. The van der Waals surface area contributed by atoms with Crippen LogP contribution in [-0.4, -0.2) is 86.3 Å². The summed E-state index contributed by atoms with van der Waals surface area (Å²) in [6.45, 7) is 9.04. The molecule has 2 heterocycles. The molecule has 6 nitrogen and oxygen atoms in total. The van der Waals surface area contributed by atoms with Crippen molar-refractivity contribution < 1.29 is 9.53 Å². The number of morpholine rings is 1. The number of carbonyl (C=O) groups excluding carboxylic acids is 1. The average molecular weight is 346 g/mol. The van der Waals surface area contributed by atoms with E-state index < -0.39 is 0 Å². The Bertz CT molecular complexity index is 546. The second-order valence-electron chi connectivity index (χ2n) is 7.14. The van der Waals surface area contributed by atoms with Gasteiger partial charge in [-0.05, 0) is 19.5 Å². The molecule has 2 aliphatic rings. The Hall–Kier alpha value is -1.63. The van der Waals surface area contributed by atoms with Crippen LogP contribution in [0.3, 0.4) is 0 Å². The van der Waals surface area contributed by atoms with Gasteiger partial charge in [-0.1, -0.05) is 30.3 Å². The average Bonchev–Trinajstić information content (AvgIpc) is 2.63. The molecule has 2 saturated heterocycles. The predicted molar refractivity (Wildman–Crippen MR) is 98.6 cm³/mol. The standard InChI is InChI=1S/C19H30N4O2/c1-16-14-23(12-13-25-16)19(24)20-18(17-6-4-3-5-7-17)15-22-10-8-21(2)9-11-22/h3-7,16,18H,8-15H2,1-2H3,(H,20,24). The molecule has 0 spiro atoms. The molecule has 2 fully saturated rings. The van der Waals surface area contributed by atoms with Crippen molar-refractivity contribution in [3.63, 3.8) is 0 Å². The molecule has 1 N–H and O–H groups in total. The van der Waals surface area contributed by atoms with Crippen LogP contribution in [0.4, 0.5) is 4.79 Å². The molecule has 6 heteroatoms. The number of hydrogen-bond donors (Lipinski definition) is 1. The largest absolute Gasteiger partial charge is 0.375 e. The first-order chi connectivity index (χ1) is 12.1. The molecule has 2 unspecified atom stereocenters. The number of ether oxygens (including phenoxy) is 1. The number of piperazine rings is 1.